The van der Waals surface area contributed by atoms with Crippen molar-refractivity contribution >= 4 is 27.4 Å². The smallest absolute Gasteiger partial charge is 0.338 e. The third-order valence-electron chi connectivity index (χ3n) is 3.88. The molecule has 0 bridgehead atoms. The van der Waals surface area contributed by atoms with Gasteiger partial charge in [-0.1, -0.05) is 36.4 Å². The number of hydrogen-bond donors (Lipinski definition) is 0. The van der Waals surface area contributed by atoms with Gasteiger partial charge in [-0.25, -0.2) is 13.2 Å². The topological polar surface area (TPSA) is 80.8 Å². The summed E-state index contributed by atoms with van der Waals surface area (Å²) in [5.41, 5.74) is 0.884. The number of nitrogens with zero attached hydrogens (tertiary/aromatic N) is 1. The normalized spacial score (nSPS) is 17.6. The lowest BCUT2D eigenvalue weighted by molar-refractivity contribution is -0.121. The fraction of sp³-hybridized carbons (Fsp3) is 0.158. The number of rotatable bonds is 5. The van der Waals surface area contributed by atoms with Gasteiger partial charge in [0.2, 0.25) is 0 Å². The van der Waals surface area contributed by atoms with Crippen LogP contribution in [0, 0.1) is 0 Å². The zero-order valence-electron chi connectivity index (χ0n) is 13.8. The van der Waals surface area contributed by atoms with Crippen LogP contribution in [0.5, 0.6) is 0 Å². The summed E-state index contributed by atoms with van der Waals surface area (Å²) in [5.74, 6) is -1.30. The quantitative estimate of drug-likeness (QED) is 0.753. The minimum atomic E-state index is -3.34. The van der Waals surface area contributed by atoms with Crippen LogP contribution in [0.1, 0.15) is 10.4 Å². The molecule has 2 aromatic rings. The second-order valence-electron chi connectivity index (χ2n) is 5.77. The average Bonchev–Trinajstić information content (AvgIpc) is 3.01. The molecule has 134 valence electrons. The lowest BCUT2D eigenvalue weighted by atomic mass is 10.2. The second-order valence-corrected chi connectivity index (χ2v) is 7.70. The zero-order valence-corrected chi connectivity index (χ0v) is 14.6. The van der Waals surface area contributed by atoms with E-state index in [1.54, 1.807) is 60.7 Å². The molecule has 1 amide bonds. The zero-order chi connectivity index (χ0) is 18.6. The summed E-state index contributed by atoms with van der Waals surface area (Å²) in [6, 6.07) is 16.4. The van der Waals surface area contributed by atoms with Crippen molar-refractivity contribution < 1.29 is 22.7 Å². The summed E-state index contributed by atoms with van der Waals surface area (Å²) in [6.07, 6.45) is 1.47. The summed E-state index contributed by atoms with van der Waals surface area (Å²) in [5, 5.41) is 1.11. The van der Waals surface area contributed by atoms with E-state index in [2.05, 4.69) is 0 Å². The lowest BCUT2D eigenvalue weighted by Gasteiger charge is -2.27. The highest BCUT2D eigenvalue weighted by Gasteiger charge is 2.31. The van der Waals surface area contributed by atoms with Crippen molar-refractivity contribution in [3.05, 3.63) is 77.7 Å². The monoisotopic (exact) mass is 371 g/mol. The van der Waals surface area contributed by atoms with Gasteiger partial charge in [-0.2, -0.15) is 0 Å². The maximum Gasteiger partial charge on any atom is 0.338 e. The van der Waals surface area contributed by atoms with Crippen LogP contribution < -0.4 is 4.90 Å². The first kappa shape index (κ1) is 17.9. The summed E-state index contributed by atoms with van der Waals surface area (Å²) in [4.78, 5) is 26.1. The predicted octanol–water partition coefficient (Wildman–Crippen LogP) is 2.19. The van der Waals surface area contributed by atoms with Gasteiger partial charge in [0.25, 0.3) is 5.91 Å². The summed E-state index contributed by atoms with van der Waals surface area (Å²) in [7, 11) is -3.34. The van der Waals surface area contributed by atoms with Gasteiger partial charge >= 0.3 is 5.97 Å². The van der Waals surface area contributed by atoms with Crippen molar-refractivity contribution in [3.8, 4) is 0 Å². The molecule has 6 nitrogen and oxygen atoms in total. The Hall–Kier alpha value is -2.93. The van der Waals surface area contributed by atoms with Gasteiger partial charge in [0.1, 0.15) is 0 Å². The van der Waals surface area contributed by atoms with E-state index in [4.69, 9.17) is 4.74 Å². The van der Waals surface area contributed by atoms with Crippen LogP contribution in [0.25, 0.3) is 0 Å². The van der Waals surface area contributed by atoms with E-state index < -0.39 is 34.4 Å². The number of esters is 1. The van der Waals surface area contributed by atoms with Crippen molar-refractivity contribution in [2.45, 2.75) is 6.04 Å². The Morgan fingerprint density at radius 1 is 1.00 bits per heavy atom. The Balaban J connectivity index is 1.76. The highest BCUT2D eigenvalue weighted by molar-refractivity contribution is 7.94. The van der Waals surface area contributed by atoms with Gasteiger partial charge in [-0.05, 0) is 30.3 Å². The van der Waals surface area contributed by atoms with E-state index in [9.17, 15) is 18.0 Å². The van der Waals surface area contributed by atoms with Crippen molar-refractivity contribution in [1.82, 2.24) is 0 Å². The van der Waals surface area contributed by atoms with Gasteiger partial charge in [-0.15, -0.1) is 0 Å². The predicted molar refractivity (Wildman–Crippen MR) is 97.4 cm³/mol. The minimum absolute atomic E-state index is 0.194. The Morgan fingerprint density at radius 3 is 2.19 bits per heavy atom. The second kappa shape index (κ2) is 7.53. The SMILES string of the molecule is O=C(OCC(=O)N(c1ccccc1)[C@@H]1C=CS(=O)(=O)C1)c1ccccc1. The number of hydrogen-bond acceptors (Lipinski definition) is 5. The Bertz CT molecular complexity index is 923. The molecule has 0 aliphatic carbocycles. The van der Waals surface area contributed by atoms with Crippen LogP contribution in [0.4, 0.5) is 5.69 Å². The van der Waals surface area contributed by atoms with Gasteiger partial charge in [-0.3, -0.25) is 4.79 Å². The molecule has 0 spiro atoms. The highest BCUT2D eigenvalue weighted by atomic mass is 32.2. The summed E-state index contributed by atoms with van der Waals surface area (Å²) in [6.45, 7) is -0.479. The van der Waals surface area contributed by atoms with E-state index in [1.807, 2.05) is 0 Å². The first-order valence-corrected chi connectivity index (χ1v) is 9.68. The van der Waals surface area contributed by atoms with Gasteiger partial charge in [0.05, 0.1) is 17.4 Å². The van der Waals surface area contributed by atoms with Crippen LogP contribution >= 0.6 is 0 Å². The van der Waals surface area contributed by atoms with E-state index in [0.29, 0.717) is 11.3 Å². The molecule has 1 atom stereocenters. The van der Waals surface area contributed by atoms with E-state index in [0.717, 1.165) is 5.41 Å². The Morgan fingerprint density at radius 2 is 1.62 bits per heavy atom. The number of amides is 1. The van der Waals surface area contributed by atoms with E-state index >= 15 is 0 Å². The van der Waals surface area contributed by atoms with Crippen LogP contribution in [-0.2, 0) is 19.4 Å². The molecule has 0 unspecified atom stereocenters. The largest absolute Gasteiger partial charge is 0.452 e. The molecule has 0 radical (unpaired) electrons. The fourth-order valence-corrected chi connectivity index (χ4v) is 3.95. The molecule has 7 heteroatoms. The summed E-state index contributed by atoms with van der Waals surface area (Å²) >= 11 is 0. The Labute approximate surface area is 151 Å². The van der Waals surface area contributed by atoms with Crippen molar-refractivity contribution in [3.63, 3.8) is 0 Å². The van der Waals surface area contributed by atoms with Crippen LogP contribution in [0.15, 0.2) is 72.1 Å². The van der Waals surface area contributed by atoms with E-state index in [1.165, 1.54) is 11.0 Å². The molecule has 0 saturated carbocycles. The van der Waals surface area contributed by atoms with E-state index in [-0.39, 0.29) is 5.75 Å². The molecular weight excluding hydrogens is 354 g/mol. The molecule has 26 heavy (non-hydrogen) atoms. The number of anilines is 1. The number of carbonyl (C=O) groups is 2. The van der Waals surface area contributed by atoms with Gasteiger partial charge in [0, 0.05) is 11.1 Å². The van der Waals surface area contributed by atoms with Crippen molar-refractivity contribution in [2.24, 2.45) is 0 Å². The molecule has 1 aliphatic heterocycles. The molecular formula is C19H17NO5S. The molecule has 0 aromatic heterocycles. The lowest BCUT2D eigenvalue weighted by Crippen LogP contribution is -2.43. The van der Waals surface area contributed by atoms with Gasteiger partial charge in [0.15, 0.2) is 16.4 Å². The number of ether oxygens (including phenoxy) is 1. The number of sulfone groups is 1. The number of benzene rings is 2. The van der Waals surface area contributed by atoms with Crippen LogP contribution in [-0.4, -0.2) is 38.7 Å². The minimum Gasteiger partial charge on any atom is -0.452 e. The molecule has 2 aromatic carbocycles. The van der Waals surface area contributed by atoms with Crippen LogP contribution in [0.2, 0.25) is 0 Å². The molecule has 0 saturated heterocycles. The van der Waals surface area contributed by atoms with Crippen LogP contribution in [0.3, 0.4) is 0 Å². The van der Waals surface area contributed by atoms with Crippen molar-refractivity contribution in [2.75, 3.05) is 17.3 Å². The molecule has 1 heterocycles. The standard InChI is InChI=1S/C19H17NO5S/c21-18(13-25-19(22)15-7-3-1-4-8-15)20(16-9-5-2-6-10-16)17-11-12-26(23,24)14-17/h1-12,17H,13-14H2/t17-/m1/s1. The average molecular weight is 371 g/mol. The summed E-state index contributed by atoms with van der Waals surface area (Å²) < 4.78 is 28.6. The van der Waals surface area contributed by atoms with Gasteiger partial charge < -0.3 is 9.64 Å². The first-order valence-electron chi connectivity index (χ1n) is 7.96. The molecule has 0 N–H and O–H groups in total. The third-order valence-corrected chi connectivity index (χ3v) is 5.26. The fourth-order valence-electron chi connectivity index (χ4n) is 2.68. The number of para-hydroxylation sites is 1. The van der Waals surface area contributed by atoms with Crippen molar-refractivity contribution in [1.29, 1.82) is 0 Å². The Kier molecular flexibility index (Phi) is 5.18. The maximum atomic E-state index is 12.7. The highest BCUT2D eigenvalue weighted by Crippen LogP contribution is 2.22. The number of carbonyl (C=O) groups excluding carboxylic acids is 2. The molecule has 0 fully saturated rings. The molecule has 3 rings (SSSR count). The maximum absolute atomic E-state index is 12.7. The first-order chi connectivity index (χ1) is 12.5. The molecule has 1 aliphatic rings. The third kappa shape index (κ3) is 4.18.